The lowest BCUT2D eigenvalue weighted by Gasteiger charge is -2.37. The minimum absolute atomic E-state index is 0.144. The Labute approximate surface area is 222 Å². The Hall–Kier alpha value is -2.06. The van der Waals surface area contributed by atoms with Crippen LogP contribution in [0.15, 0.2) is 0 Å². The van der Waals surface area contributed by atoms with Crippen molar-refractivity contribution in [2.24, 2.45) is 16.7 Å². The number of aliphatic hydroxyl groups is 1. The van der Waals surface area contributed by atoms with Crippen molar-refractivity contribution in [2.45, 2.75) is 116 Å². The van der Waals surface area contributed by atoms with Crippen molar-refractivity contribution in [1.82, 2.24) is 0 Å². The molecule has 2 bridgehead atoms. The first-order valence-electron chi connectivity index (χ1n) is 12.7. The van der Waals surface area contributed by atoms with Gasteiger partial charge in [-0.15, -0.1) is 0 Å². The lowest BCUT2D eigenvalue weighted by molar-refractivity contribution is -0.409. The van der Waals surface area contributed by atoms with Crippen LogP contribution >= 0.6 is 0 Å². The largest absolute Gasteiger partial charge is 0.455 e. The second kappa shape index (κ2) is 9.79. The van der Waals surface area contributed by atoms with E-state index in [-0.39, 0.29) is 36.5 Å². The zero-order valence-corrected chi connectivity index (χ0v) is 22.8. The third-order valence-corrected chi connectivity index (χ3v) is 8.25. The fraction of sp³-hybridized carbons (Fsp3) is 0.880. The Balaban J connectivity index is 0.000000217. The summed E-state index contributed by atoms with van der Waals surface area (Å²) < 4.78 is 90.8. The second-order valence-electron chi connectivity index (χ2n) is 11.9. The van der Waals surface area contributed by atoms with Gasteiger partial charge in [0.1, 0.15) is 6.10 Å². The van der Waals surface area contributed by atoms with E-state index in [1.54, 1.807) is 6.92 Å². The van der Waals surface area contributed by atoms with Gasteiger partial charge in [-0.2, -0.15) is 22.0 Å². The summed E-state index contributed by atoms with van der Waals surface area (Å²) in [5, 5.41) is 9.18. The van der Waals surface area contributed by atoms with Gasteiger partial charge in [-0.3, -0.25) is 14.4 Å². The predicted octanol–water partition coefficient (Wildman–Crippen LogP) is 3.69. The predicted molar refractivity (Wildman–Crippen MR) is 121 cm³/mol. The van der Waals surface area contributed by atoms with E-state index in [0.29, 0.717) is 19.8 Å². The van der Waals surface area contributed by atoms with E-state index < -0.39 is 59.1 Å². The van der Waals surface area contributed by atoms with Crippen LogP contribution in [0.25, 0.3) is 0 Å². The lowest BCUT2D eigenvalue weighted by atomic mass is 9.87. The molecule has 0 aromatic heterocycles. The Kier molecular flexibility index (Phi) is 7.90. The van der Waals surface area contributed by atoms with Gasteiger partial charge >= 0.3 is 35.8 Å². The Bertz CT molecular complexity index is 997. The van der Waals surface area contributed by atoms with Gasteiger partial charge in [-0.1, -0.05) is 13.8 Å². The molecule has 0 spiro atoms. The number of hydrogen-bond donors (Lipinski definition) is 1. The van der Waals surface area contributed by atoms with E-state index in [0.717, 1.165) is 0 Å². The highest BCUT2D eigenvalue weighted by Crippen LogP contribution is 2.55. The summed E-state index contributed by atoms with van der Waals surface area (Å²) in [7, 11) is 0. The first-order chi connectivity index (χ1) is 17.6. The van der Waals surface area contributed by atoms with Gasteiger partial charge < -0.3 is 28.8 Å². The first-order valence-corrected chi connectivity index (χ1v) is 12.7. The third kappa shape index (κ3) is 5.01. The van der Waals surface area contributed by atoms with Crippen LogP contribution in [-0.2, 0) is 38.1 Å². The topological polar surface area (TPSA) is 118 Å². The standard InChI is InChI=1S/C13H18O5.C12H17F5O4/c1-4-13(2,3)12(15)18-9-7-5-6-8(16-7)10(9)17-11(6)14;1-5-8(2,3)7(18)21-9(4)6-20-11(19,10(9,13)14)12(15,16)17/h6-10H,4-5H2,1-3H3;19H,5-6H2,1-4H3. The number of ether oxygens (including phenoxy) is 5. The molecule has 39 heavy (non-hydrogen) atoms. The summed E-state index contributed by atoms with van der Waals surface area (Å²) in [5.41, 5.74) is -4.58. The van der Waals surface area contributed by atoms with Crippen molar-refractivity contribution >= 4 is 17.9 Å². The first kappa shape index (κ1) is 31.5. The summed E-state index contributed by atoms with van der Waals surface area (Å²) in [5.74, 6) is -11.2. The Morgan fingerprint density at radius 1 is 1.03 bits per heavy atom. The molecule has 7 unspecified atom stereocenters. The minimum Gasteiger partial charge on any atom is -0.455 e. The molecule has 4 aliphatic heterocycles. The van der Waals surface area contributed by atoms with E-state index in [2.05, 4.69) is 9.47 Å². The number of carbonyl (C=O) groups is 3. The van der Waals surface area contributed by atoms with Crippen LogP contribution in [0.2, 0.25) is 0 Å². The number of fused-ring (bicyclic) bond motifs is 1. The maximum absolute atomic E-state index is 14.0. The van der Waals surface area contributed by atoms with Crippen molar-refractivity contribution < 1.29 is 65.1 Å². The SMILES string of the molecule is CCC(C)(C)C(=O)OC1(C)COC(O)(C(F)(F)F)C1(F)F.CCC(C)(C)C(=O)OC1C2CC3C(=O)OC1C3O2. The Morgan fingerprint density at radius 2 is 1.56 bits per heavy atom. The maximum Gasteiger partial charge on any atom is 0.449 e. The maximum atomic E-state index is 14.0. The van der Waals surface area contributed by atoms with Crippen molar-refractivity contribution in [3.8, 4) is 0 Å². The quantitative estimate of drug-likeness (QED) is 0.288. The molecule has 0 amide bonds. The van der Waals surface area contributed by atoms with Crippen molar-refractivity contribution in [1.29, 1.82) is 0 Å². The van der Waals surface area contributed by atoms with Gasteiger partial charge in [0, 0.05) is 0 Å². The van der Waals surface area contributed by atoms with Gasteiger partial charge in [0.25, 0.3) is 0 Å². The molecular formula is C25H35F5O9. The highest BCUT2D eigenvalue weighted by atomic mass is 19.4. The van der Waals surface area contributed by atoms with Gasteiger partial charge in [0.2, 0.25) is 5.60 Å². The third-order valence-electron chi connectivity index (χ3n) is 8.25. The Morgan fingerprint density at radius 3 is 2.05 bits per heavy atom. The molecule has 0 aliphatic carbocycles. The van der Waals surface area contributed by atoms with Gasteiger partial charge in [0.05, 0.1) is 29.5 Å². The molecule has 0 saturated carbocycles. The van der Waals surface area contributed by atoms with Gasteiger partial charge in [-0.05, 0) is 53.9 Å². The fourth-order valence-electron chi connectivity index (χ4n) is 4.43. The molecule has 4 fully saturated rings. The molecule has 224 valence electrons. The van der Waals surface area contributed by atoms with Crippen LogP contribution in [0.3, 0.4) is 0 Å². The van der Waals surface area contributed by atoms with Crippen LogP contribution < -0.4 is 0 Å². The summed E-state index contributed by atoms with van der Waals surface area (Å²) in [4.78, 5) is 35.4. The van der Waals surface area contributed by atoms with E-state index in [1.165, 1.54) is 13.8 Å². The van der Waals surface area contributed by atoms with Crippen LogP contribution in [0.4, 0.5) is 22.0 Å². The molecule has 4 aliphatic rings. The van der Waals surface area contributed by atoms with E-state index in [9.17, 15) is 41.4 Å². The summed E-state index contributed by atoms with van der Waals surface area (Å²) >= 11 is 0. The summed E-state index contributed by atoms with van der Waals surface area (Å²) in [6, 6.07) is 0. The molecule has 4 heterocycles. The average Bonchev–Trinajstić information content (AvgIpc) is 3.51. The highest BCUT2D eigenvalue weighted by molar-refractivity contribution is 5.79. The van der Waals surface area contributed by atoms with E-state index in [1.807, 2.05) is 20.8 Å². The fourth-order valence-corrected chi connectivity index (χ4v) is 4.43. The van der Waals surface area contributed by atoms with Gasteiger partial charge in [-0.25, -0.2) is 0 Å². The van der Waals surface area contributed by atoms with Crippen molar-refractivity contribution in [3.63, 3.8) is 0 Å². The van der Waals surface area contributed by atoms with Crippen LogP contribution in [-0.4, -0.2) is 77.5 Å². The molecule has 4 saturated heterocycles. The summed E-state index contributed by atoms with van der Waals surface area (Å²) in [6.45, 7) is 9.38. The number of hydrogen-bond acceptors (Lipinski definition) is 9. The zero-order valence-electron chi connectivity index (χ0n) is 22.8. The molecule has 1 N–H and O–H groups in total. The van der Waals surface area contributed by atoms with Crippen LogP contribution in [0.1, 0.15) is 67.7 Å². The van der Waals surface area contributed by atoms with E-state index >= 15 is 0 Å². The van der Waals surface area contributed by atoms with E-state index in [4.69, 9.17) is 14.2 Å². The molecule has 9 nitrogen and oxygen atoms in total. The van der Waals surface area contributed by atoms with Crippen molar-refractivity contribution in [3.05, 3.63) is 0 Å². The van der Waals surface area contributed by atoms with Crippen molar-refractivity contribution in [2.75, 3.05) is 6.61 Å². The average molecular weight is 575 g/mol. The second-order valence-corrected chi connectivity index (χ2v) is 11.9. The lowest BCUT2D eigenvalue weighted by Crippen LogP contribution is -2.63. The number of esters is 3. The monoisotopic (exact) mass is 574 g/mol. The molecule has 14 heteroatoms. The molecule has 0 aromatic rings. The van der Waals surface area contributed by atoms with Crippen LogP contribution in [0.5, 0.6) is 0 Å². The van der Waals surface area contributed by atoms with Gasteiger partial charge in [0.15, 0.2) is 12.2 Å². The number of carbonyl (C=O) groups excluding carboxylic acids is 3. The van der Waals surface area contributed by atoms with Crippen LogP contribution in [0, 0.1) is 16.7 Å². The highest BCUT2D eigenvalue weighted by Gasteiger charge is 2.82. The smallest absolute Gasteiger partial charge is 0.449 e. The summed E-state index contributed by atoms with van der Waals surface area (Å²) in [6.07, 6.45) is -5.36. The molecule has 0 aromatic carbocycles. The minimum atomic E-state index is -5.74. The molecular weight excluding hydrogens is 539 g/mol. The number of halogens is 5. The molecule has 0 radical (unpaired) electrons. The molecule has 7 atom stereocenters. The zero-order chi connectivity index (χ0) is 30.0. The number of rotatable bonds is 6. The normalized spacial score (nSPS) is 36.7. The number of alkyl halides is 5. The molecule has 4 rings (SSSR count).